The molecule has 1 aromatic heterocycles. The summed E-state index contributed by atoms with van der Waals surface area (Å²) in [6, 6.07) is 8.13. The highest BCUT2D eigenvalue weighted by Crippen LogP contribution is 2.33. The molecular weight excluding hydrogens is 328 g/mol. The lowest BCUT2D eigenvalue weighted by Gasteiger charge is -2.23. The van der Waals surface area contributed by atoms with E-state index in [9.17, 15) is 9.90 Å². The molecule has 2 N–H and O–H groups in total. The quantitative estimate of drug-likeness (QED) is 0.783. The predicted octanol–water partition coefficient (Wildman–Crippen LogP) is 3.05. The molecule has 6 heteroatoms. The van der Waals surface area contributed by atoms with Crippen molar-refractivity contribution < 1.29 is 9.90 Å². The molecule has 0 spiro atoms. The zero-order valence-corrected chi connectivity index (χ0v) is 15.1. The molecule has 0 saturated heterocycles. The van der Waals surface area contributed by atoms with E-state index in [1.165, 1.54) is 6.21 Å². The van der Waals surface area contributed by atoms with Gasteiger partial charge in [-0.05, 0) is 23.6 Å². The van der Waals surface area contributed by atoms with Gasteiger partial charge < -0.3 is 15.0 Å². The molecule has 1 aromatic carbocycles. The largest absolute Gasteiger partial charge is 0.511 e. The Hall–Kier alpha value is -2.89. The average molecular weight is 352 g/mol. The summed E-state index contributed by atoms with van der Waals surface area (Å²) in [6.45, 7) is 0.543. The number of Topliss-reactive ketones (excluding diaryl/α,β-unsaturated/α-hetero) is 1. The van der Waals surface area contributed by atoms with E-state index in [1.807, 2.05) is 43.3 Å². The van der Waals surface area contributed by atoms with Crippen LogP contribution in [0.3, 0.4) is 0 Å². The minimum Gasteiger partial charge on any atom is -0.511 e. The molecule has 0 amide bonds. The summed E-state index contributed by atoms with van der Waals surface area (Å²) in [5.74, 6) is 0.0924. The Morgan fingerprint density at radius 2 is 2.08 bits per heavy atom. The van der Waals surface area contributed by atoms with E-state index in [0.29, 0.717) is 25.0 Å². The van der Waals surface area contributed by atoms with Crippen molar-refractivity contribution >= 4 is 17.7 Å². The second kappa shape index (κ2) is 7.99. The summed E-state index contributed by atoms with van der Waals surface area (Å²) in [5, 5.41) is 10.3. The summed E-state index contributed by atoms with van der Waals surface area (Å²) >= 11 is 0. The lowest BCUT2D eigenvalue weighted by molar-refractivity contribution is -0.116. The Labute approximate surface area is 153 Å². The topological polar surface area (TPSA) is 81.6 Å². The van der Waals surface area contributed by atoms with Crippen molar-refractivity contribution in [2.75, 3.05) is 25.5 Å². The van der Waals surface area contributed by atoms with E-state index in [2.05, 4.69) is 15.0 Å². The summed E-state index contributed by atoms with van der Waals surface area (Å²) in [5.41, 5.74) is 3.53. The number of aromatic nitrogens is 2. The molecule has 3 rings (SSSR count). The zero-order valence-electron chi connectivity index (χ0n) is 15.1. The molecule has 0 saturated carbocycles. The molecule has 2 aromatic rings. The van der Waals surface area contributed by atoms with Crippen molar-refractivity contribution in [3.05, 3.63) is 59.4 Å². The fourth-order valence-electron chi connectivity index (χ4n) is 3.10. The first-order valence-corrected chi connectivity index (χ1v) is 8.74. The Bertz CT molecular complexity index is 805. The number of hydrogen-bond acceptors (Lipinski definition) is 5. The first-order chi connectivity index (χ1) is 12.5. The number of ketones is 1. The lowest BCUT2D eigenvalue weighted by atomic mass is 9.83. The number of aliphatic hydroxyl groups excluding tert-OH is 1. The van der Waals surface area contributed by atoms with Gasteiger partial charge in [-0.25, -0.2) is 4.98 Å². The standard InChI is InChI=1S/C20H24N4O2/c1-24(2)17-5-3-14(4-6-17)15-9-19(25)18(20(26)10-15)12-21-8-7-16-11-22-13-23-16/h3-6,11-13,15,25H,7-10H2,1-2H3,(H,22,23). The number of carbonyl (C=O) groups is 1. The van der Waals surface area contributed by atoms with E-state index in [0.717, 1.165) is 23.4 Å². The number of H-pyrrole nitrogens is 1. The molecule has 6 nitrogen and oxygen atoms in total. The number of nitrogens with zero attached hydrogens (tertiary/aromatic N) is 3. The van der Waals surface area contributed by atoms with Crippen LogP contribution in [0.4, 0.5) is 5.69 Å². The summed E-state index contributed by atoms with van der Waals surface area (Å²) in [4.78, 5) is 25.7. The van der Waals surface area contributed by atoms with Crippen LogP contribution in [0.15, 0.2) is 53.1 Å². The van der Waals surface area contributed by atoms with Crippen LogP contribution in [0, 0.1) is 0 Å². The molecule has 1 atom stereocenters. The second-order valence-corrected chi connectivity index (χ2v) is 6.74. The van der Waals surface area contributed by atoms with Crippen LogP contribution < -0.4 is 4.90 Å². The van der Waals surface area contributed by atoms with Gasteiger partial charge in [-0.1, -0.05) is 12.1 Å². The normalized spacial score (nSPS) is 17.9. The number of hydrogen-bond donors (Lipinski definition) is 2. The highest BCUT2D eigenvalue weighted by atomic mass is 16.3. The Morgan fingerprint density at radius 1 is 1.31 bits per heavy atom. The third-order valence-corrected chi connectivity index (χ3v) is 4.65. The Kier molecular flexibility index (Phi) is 5.51. The maximum atomic E-state index is 12.5. The van der Waals surface area contributed by atoms with Gasteiger partial charge in [0, 0.05) is 63.7 Å². The molecule has 136 valence electrons. The Balaban J connectivity index is 1.64. The SMILES string of the molecule is CN(C)c1ccc(C2CC(=O)C(C=NCCc3cnc[nH]3)=C(O)C2)cc1. The van der Waals surface area contributed by atoms with E-state index < -0.39 is 0 Å². The maximum absolute atomic E-state index is 12.5. The summed E-state index contributed by atoms with van der Waals surface area (Å²) in [6.07, 6.45) is 6.48. The van der Waals surface area contributed by atoms with E-state index in [1.54, 1.807) is 12.5 Å². The van der Waals surface area contributed by atoms with Crippen LogP contribution in [-0.2, 0) is 11.2 Å². The molecular formula is C20H24N4O2. The van der Waals surface area contributed by atoms with Crippen LogP contribution in [-0.4, -0.2) is 47.7 Å². The number of nitrogens with one attached hydrogen (secondary N) is 1. The number of allylic oxidation sites excluding steroid dienone is 2. The molecule has 1 unspecified atom stereocenters. The van der Waals surface area contributed by atoms with Gasteiger partial charge in [-0.3, -0.25) is 9.79 Å². The van der Waals surface area contributed by atoms with E-state index in [-0.39, 0.29) is 17.5 Å². The minimum atomic E-state index is -0.0549. The minimum absolute atomic E-state index is 0.0147. The smallest absolute Gasteiger partial charge is 0.168 e. The Morgan fingerprint density at radius 3 is 2.69 bits per heavy atom. The zero-order chi connectivity index (χ0) is 18.5. The number of aromatic amines is 1. The summed E-state index contributed by atoms with van der Waals surface area (Å²) in [7, 11) is 3.98. The van der Waals surface area contributed by atoms with Gasteiger partial charge in [0.25, 0.3) is 0 Å². The van der Waals surface area contributed by atoms with Crippen LogP contribution in [0.5, 0.6) is 0 Å². The highest BCUT2D eigenvalue weighted by molar-refractivity contribution is 6.14. The third kappa shape index (κ3) is 4.20. The van der Waals surface area contributed by atoms with Gasteiger partial charge in [-0.2, -0.15) is 0 Å². The van der Waals surface area contributed by atoms with Crippen molar-refractivity contribution in [3.63, 3.8) is 0 Å². The molecule has 0 aliphatic heterocycles. The predicted molar refractivity (Wildman–Crippen MR) is 103 cm³/mol. The van der Waals surface area contributed by atoms with Crippen LogP contribution >= 0.6 is 0 Å². The van der Waals surface area contributed by atoms with Gasteiger partial charge in [0.2, 0.25) is 0 Å². The van der Waals surface area contributed by atoms with Gasteiger partial charge in [-0.15, -0.1) is 0 Å². The number of rotatable bonds is 6. The number of benzene rings is 1. The lowest BCUT2D eigenvalue weighted by Crippen LogP contribution is -2.19. The van der Waals surface area contributed by atoms with Gasteiger partial charge in [0.05, 0.1) is 11.9 Å². The second-order valence-electron chi connectivity index (χ2n) is 6.74. The first kappa shape index (κ1) is 17.9. The van der Waals surface area contributed by atoms with Crippen molar-refractivity contribution in [1.82, 2.24) is 9.97 Å². The van der Waals surface area contributed by atoms with Crippen molar-refractivity contribution in [3.8, 4) is 0 Å². The number of imidazole rings is 1. The molecule has 1 heterocycles. The molecule has 26 heavy (non-hydrogen) atoms. The number of aliphatic imine (C=N–C) groups is 1. The first-order valence-electron chi connectivity index (χ1n) is 8.74. The van der Waals surface area contributed by atoms with Crippen LogP contribution in [0.25, 0.3) is 0 Å². The third-order valence-electron chi connectivity index (χ3n) is 4.65. The number of carbonyl (C=O) groups excluding carboxylic acids is 1. The number of aliphatic hydroxyl groups is 1. The van der Waals surface area contributed by atoms with Crippen molar-refractivity contribution in [1.29, 1.82) is 0 Å². The fraction of sp³-hybridized carbons (Fsp3) is 0.350. The van der Waals surface area contributed by atoms with Gasteiger partial charge >= 0.3 is 0 Å². The van der Waals surface area contributed by atoms with Gasteiger partial charge in [0.1, 0.15) is 5.76 Å². The molecule has 1 aliphatic rings. The average Bonchev–Trinajstić information content (AvgIpc) is 3.14. The van der Waals surface area contributed by atoms with E-state index >= 15 is 0 Å². The monoisotopic (exact) mass is 352 g/mol. The molecule has 1 aliphatic carbocycles. The number of anilines is 1. The van der Waals surface area contributed by atoms with E-state index in [4.69, 9.17) is 0 Å². The van der Waals surface area contributed by atoms with Crippen molar-refractivity contribution in [2.45, 2.75) is 25.2 Å². The fourth-order valence-corrected chi connectivity index (χ4v) is 3.10. The maximum Gasteiger partial charge on any atom is 0.168 e. The molecule has 0 bridgehead atoms. The van der Waals surface area contributed by atoms with Crippen LogP contribution in [0.1, 0.15) is 30.0 Å². The highest BCUT2D eigenvalue weighted by Gasteiger charge is 2.27. The summed E-state index contributed by atoms with van der Waals surface area (Å²) < 4.78 is 0. The van der Waals surface area contributed by atoms with Crippen molar-refractivity contribution in [2.24, 2.45) is 4.99 Å². The van der Waals surface area contributed by atoms with Gasteiger partial charge in [0.15, 0.2) is 5.78 Å². The molecule has 0 fully saturated rings. The van der Waals surface area contributed by atoms with Crippen LogP contribution in [0.2, 0.25) is 0 Å². The molecule has 0 radical (unpaired) electrons.